The van der Waals surface area contributed by atoms with E-state index in [0.717, 1.165) is 44.0 Å². The van der Waals surface area contributed by atoms with Gasteiger partial charge in [0.2, 0.25) is 11.9 Å². The molecular formula is C24H28FN7O2. The number of nitrogens with one attached hydrogen (secondary N) is 1. The van der Waals surface area contributed by atoms with Crippen LogP contribution in [-0.2, 0) is 17.8 Å². The molecule has 3 aromatic rings. The maximum Gasteiger partial charge on any atom is 0.319 e. The number of rotatable bonds is 9. The van der Waals surface area contributed by atoms with Crippen molar-refractivity contribution in [3.8, 4) is 17.1 Å². The Morgan fingerprint density at radius 2 is 1.91 bits per heavy atom. The van der Waals surface area contributed by atoms with Crippen molar-refractivity contribution in [2.45, 2.75) is 13.0 Å². The molecule has 1 fully saturated rings. The Hall–Kier alpha value is -3.50. The molecule has 0 bridgehead atoms. The quantitative estimate of drug-likeness (QED) is 0.476. The van der Waals surface area contributed by atoms with E-state index in [1.807, 2.05) is 0 Å². The number of piperazine rings is 1. The fraction of sp³-hybridized carbons (Fsp3) is 0.375. The molecule has 0 radical (unpaired) electrons. The van der Waals surface area contributed by atoms with Crippen molar-refractivity contribution in [3.05, 3.63) is 66.3 Å². The first kappa shape index (κ1) is 23.7. The van der Waals surface area contributed by atoms with Crippen LogP contribution in [0.3, 0.4) is 0 Å². The Morgan fingerprint density at radius 3 is 2.62 bits per heavy atom. The van der Waals surface area contributed by atoms with Crippen molar-refractivity contribution in [3.63, 3.8) is 0 Å². The zero-order chi connectivity index (χ0) is 23.8. The fourth-order valence-corrected chi connectivity index (χ4v) is 3.61. The van der Waals surface area contributed by atoms with Gasteiger partial charge in [-0.15, -0.1) is 0 Å². The molecule has 0 unspecified atom stereocenters. The summed E-state index contributed by atoms with van der Waals surface area (Å²) in [4.78, 5) is 32.7. The Bertz CT molecular complexity index is 1070. The Labute approximate surface area is 198 Å². The van der Waals surface area contributed by atoms with Gasteiger partial charge in [0.05, 0.1) is 24.2 Å². The summed E-state index contributed by atoms with van der Waals surface area (Å²) in [5.74, 6) is -0.765. The van der Waals surface area contributed by atoms with E-state index in [0.29, 0.717) is 18.7 Å². The molecule has 178 valence electrons. The molecule has 1 aliphatic rings. The van der Waals surface area contributed by atoms with Gasteiger partial charge < -0.3 is 15.0 Å². The standard InChI is InChI=1S/C24H28FN7O2/c1-31-8-10-32(11-9-31)12-13-34-24-28-16-21(23(25)30-24)19-4-2-18(3-5-19)14-22(33)27-15-20-6-7-26-17-29-20/h2-7,16-17H,8-15H2,1H3,(H,27,33). The molecule has 4 rings (SSSR count). The number of hydrogen-bond donors (Lipinski definition) is 1. The van der Waals surface area contributed by atoms with Crippen LogP contribution < -0.4 is 10.1 Å². The van der Waals surface area contributed by atoms with Crippen LogP contribution in [-0.4, -0.2) is 82.0 Å². The second kappa shape index (κ2) is 11.6. The summed E-state index contributed by atoms with van der Waals surface area (Å²) in [6, 6.07) is 8.87. The van der Waals surface area contributed by atoms with E-state index in [4.69, 9.17) is 4.74 Å². The van der Waals surface area contributed by atoms with Gasteiger partial charge in [0.25, 0.3) is 0 Å². The van der Waals surface area contributed by atoms with Gasteiger partial charge in [0.15, 0.2) is 0 Å². The molecule has 1 saturated heterocycles. The molecule has 1 N–H and O–H groups in total. The first-order chi connectivity index (χ1) is 16.6. The molecule has 9 nitrogen and oxygen atoms in total. The minimum Gasteiger partial charge on any atom is -0.462 e. The minimum atomic E-state index is -0.639. The predicted molar refractivity (Wildman–Crippen MR) is 124 cm³/mol. The summed E-state index contributed by atoms with van der Waals surface area (Å²) in [5, 5.41) is 2.82. The molecule has 3 heterocycles. The minimum absolute atomic E-state index is 0.0346. The van der Waals surface area contributed by atoms with E-state index in [1.54, 1.807) is 36.5 Å². The lowest BCUT2D eigenvalue weighted by Gasteiger charge is -2.31. The summed E-state index contributed by atoms with van der Waals surface area (Å²) in [6.07, 6.45) is 4.71. The number of halogens is 1. The van der Waals surface area contributed by atoms with E-state index in [-0.39, 0.29) is 23.9 Å². The number of benzene rings is 1. The third kappa shape index (κ3) is 6.75. The van der Waals surface area contributed by atoms with E-state index in [9.17, 15) is 9.18 Å². The molecule has 0 atom stereocenters. The molecule has 0 saturated carbocycles. The molecule has 2 aromatic heterocycles. The van der Waals surface area contributed by atoms with Crippen LogP contribution >= 0.6 is 0 Å². The van der Waals surface area contributed by atoms with Crippen molar-refractivity contribution in [1.29, 1.82) is 0 Å². The van der Waals surface area contributed by atoms with Crippen molar-refractivity contribution in [2.24, 2.45) is 0 Å². The van der Waals surface area contributed by atoms with Gasteiger partial charge in [0, 0.05) is 45.1 Å². The van der Waals surface area contributed by atoms with Crippen LogP contribution in [0.15, 0.2) is 49.1 Å². The topological polar surface area (TPSA) is 96.4 Å². The molecule has 1 aromatic carbocycles. The van der Waals surface area contributed by atoms with Crippen LogP contribution in [0, 0.1) is 5.95 Å². The molecule has 34 heavy (non-hydrogen) atoms. The van der Waals surface area contributed by atoms with Crippen molar-refractivity contribution in [1.82, 2.24) is 35.1 Å². The average molecular weight is 466 g/mol. The van der Waals surface area contributed by atoms with Crippen molar-refractivity contribution >= 4 is 5.91 Å². The number of hydrogen-bond acceptors (Lipinski definition) is 8. The number of nitrogens with zero attached hydrogens (tertiary/aromatic N) is 6. The first-order valence-corrected chi connectivity index (χ1v) is 11.2. The van der Waals surface area contributed by atoms with Crippen LogP contribution in [0.1, 0.15) is 11.3 Å². The van der Waals surface area contributed by atoms with Crippen molar-refractivity contribution in [2.75, 3.05) is 46.4 Å². The highest BCUT2D eigenvalue weighted by atomic mass is 19.1. The van der Waals surface area contributed by atoms with Gasteiger partial charge in [-0.3, -0.25) is 9.69 Å². The second-order valence-electron chi connectivity index (χ2n) is 8.20. The molecule has 1 aliphatic heterocycles. The SMILES string of the molecule is CN1CCN(CCOc2ncc(-c3ccc(CC(=O)NCc4ccncn4)cc3)c(F)n2)CC1. The van der Waals surface area contributed by atoms with Crippen molar-refractivity contribution < 1.29 is 13.9 Å². The Kier molecular flexibility index (Phi) is 8.05. The predicted octanol–water partition coefficient (Wildman–Crippen LogP) is 1.56. The van der Waals surface area contributed by atoms with Crippen LogP contribution in [0.2, 0.25) is 0 Å². The summed E-state index contributed by atoms with van der Waals surface area (Å²) in [6.45, 7) is 5.57. The summed E-state index contributed by atoms with van der Waals surface area (Å²) in [5.41, 5.74) is 2.47. The van der Waals surface area contributed by atoms with E-state index < -0.39 is 5.95 Å². The number of carbonyl (C=O) groups excluding carboxylic acids is 1. The molecule has 0 spiro atoms. The van der Waals surface area contributed by atoms with Crippen LogP contribution in [0.5, 0.6) is 6.01 Å². The van der Waals surface area contributed by atoms with Gasteiger partial charge in [0.1, 0.15) is 12.9 Å². The maximum atomic E-state index is 14.6. The molecule has 0 aliphatic carbocycles. The highest BCUT2D eigenvalue weighted by Crippen LogP contribution is 2.23. The van der Waals surface area contributed by atoms with Gasteiger partial charge in [-0.25, -0.2) is 15.0 Å². The maximum absolute atomic E-state index is 14.6. The normalized spacial score (nSPS) is 14.6. The Morgan fingerprint density at radius 1 is 1.12 bits per heavy atom. The number of carbonyl (C=O) groups is 1. The second-order valence-corrected chi connectivity index (χ2v) is 8.20. The highest BCUT2D eigenvalue weighted by Gasteiger charge is 2.14. The van der Waals surface area contributed by atoms with Gasteiger partial charge >= 0.3 is 6.01 Å². The number of likely N-dealkylation sites (N-methyl/N-ethyl adjacent to an activating group) is 1. The Balaban J connectivity index is 1.26. The smallest absolute Gasteiger partial charge is 0.319 e. The largest absolute Gasteiger partial charge is 0.462 e. The third-order valence-corrected chi connectivity index (χ3v) is 5.69. The molecule has 1 amide bonds. The lowest BCUT2D eigenvalue weighted by Crippen LogP contribution is -2.45. The molecular weight excluding hydrogens is 437 g/mol. The zero-order valence-electron chi connectivity index (χ0n) is 19.2. The number of aromatic nitrogens is 4. The van der Waals surface area contributed by atoms with Crippen LogP contribution in [0.4, 0.5) is 4.39 Å². The van der Waals surface area contributed by atoms with Crippen LogP contribution in [0.25, 0.3) is 11.1 Å². The summed E-state index contributed by atoms with van der Waals surface area (Å²) < 4.78 is 20.2. The van der Waals surface area contributed by atoms with Gasteiger partial charge in [-0.1, -0.05) is 24.3 Å². The summed E-state index contributed by atoms with van der Waals surface area (Å²) >= 11 is 0. The third-order valence-electron chi connectivity index (χ3n) is 5.69. The molecule has 10 heteroatoms. The van der Waals surface area contributed by atoms with Gasteiger partial charge in [-0.2, -0.15) is 9.37 Å². The van der Waals surface area contributed by atoms with E-state index >= 15 is 0 Å². The highest BCUT2D eigenvalue weighted by molar-refractivity contribution is 5.78. The number of amides is 1. The monoisotopic (exact) mass is 465 g/mol. The summed E-state index contributed by atoms with van der Waals surface area (Å²) in [7, 11) is 2.11. The zero-order valence-corrected chi connectivity index (χ0v) is 19.2. The fourth-order valence-electron chi connectivity index (χ4n) is 3.61. The van der Waals surface area contributed by atoms with E-state index in [2.05, 4.69) is 42.1 Å². The van der Waals surface area contributed by atoms with Gasteiger partial charge in [-0.05, 0) is 24.2 Å². The lowest BCUT2D eigenvalue weighted by atomic mass is 10.0. The average Bonchev–Trinajstić information content (AvgIpc) is 2.85. The first-order valence-electron chi connectivity index (χ1n) is 11.2. The lowest BCUT2D eigenvalue weighted by molar-refractivity contribution is -0.120. The van der Waals surface area contributed by atoms with E-state index in [1.165, 1.54) is 12.5 Å². The number of ether oxygens (including phenoxy) is 1.